The molecule has 1 saturated heterocycles. The lowest BCUT2D eigenvalue weighted by Crippen LogP contribution is -2.41. The molecule has 0 aromatic rings. The molecule has 3 atom stereocenters. The summed E-state index contributed by atoms with van der Waals surface area (Å²) in [6.45, 7) is 0.267. The zero-order chi connectivity index (χ0) is 8.77. The van der Waals surface area contributed by atoms with Crippen LogP contribution in [0.2, 0.25) is 0 Å². The molecule has 0 amide bonds. The van der Waals surface area contributed by atoms with Crippen molar-refractivity contribution in [2.45, 2.75) is 17.2 Å². The van der Waals surface area contributed by atoms with Gasteiger partial charge in [0.2, 0.25) is 6.29 Å². The standard InChI is InChI=1S/C6H7ClN2O3/c1-11-5-6(7)2-8-9-3(6)4(10)12-5/h3,5H,2H2,1H3/t3-,5+,6+/m1/s1. The van der Waals surface area contributed by atoms with Crippen molar-refractivity contribution in [3.63, 3.8) is 0 Å². The molecule has 0 unspecified atom stereocenters. The smallest absolute Gasteiger partial charge is 0.337 e. The molecule has 0 aliphatic carbocycles. The summed E-state index contributed by atoms with van der Waals surface area (Å²) in [5, 5.41) is 7.39. The largest absolute Gasteiger partial charge is 0.432 e. The SMILES string of the molecule is CO[C@H]1OC(=O)[C@H]2N=NC[C@@]12Cl. The first-order valence-electron chi connectivity index (χ1n) is 3.47. The highest BCUT2D eigenvalue weighted by Gasteiger charge is 2.60. The van der Waals surface area contributed by atoms with Crippen molar-refractivity contribution in [1.82, 2.24) is 0 Å². The van der Waals surface area contributed by atoms with Crippen molar-refractivity contribution in [3.05, 3.63) is 0 Å². The zero-order valence-corrected chi connectivity index (χ0v) is 7.11. The van der Waals surface area contributed by atoms with E-state index in [0.29, 0.717) is 0 Å². The van der Waals surface area contributed by atoms with Gasteiger partial charge in [0.1, 0.15) is 0 Å². The van der Waals surface area contributed by atoms with Crippen LogP contribution in [0.3, 0.4) is 0 Å². The number of methoxy groups -OCH3 is 1. The van der Waals surface area contributed by atoms with Crippen molar-refractivity contribution in [1.29, 1.82) is 0 Å². The Morgan fingerprint density at radius 1 is 1.83 bits per heavy atom. The molecule has 0 radical (unpaired) electrons. The molecule has 1 fully saturated rings. The van der Waals surface area contributed by atoms with E-state index in [1.54, 1.807) is 0 Å². The third-order valence-electron chi connectivity index (χ3n) is 2.02. The van der Waals surface area contributed by atoms with Crippen LogP contribution in [0.15, 0.2) is 10.2 Å². The van der Waals surface area contributed by atoms with Crippen molar-refractivity contribution in [2.24, 2.45) is 10.2 Å². The summed E-state index contributed by atoms with van der Waals surface area (Å²) >= 11 is 6.07. The van der Waals surface area contributed by atoms with E-state index < -0.39 is 23.2 Å². The van der Waals surface area contributed by atoms with Crippen molar-refractivity contribution in [3.8, 4) is 0 Å². The number of fused-ring (bicyclic) bond motifs is 1. The third-order valence-corrected chi connectivity index (χ3v) is 2.52. The molecule has 2 rings (SSSR count). The Morgan fingerprint density at radius 2 is 2.58 bits per heavy atom. The van der Waals surface area contributed by atoms with Crippen LogP contribution in [0.4, 0.5) is 0 Å². The summed E-state index contributed by atoms with van der Waals surface area (Å²) < 4.78 is 9.74. The summed E-state index contributed by atoms with van der Waals surface area (Å²) in [5.41, 5.74) is 0. The molecular weight excluding hydrogens is 184 g/mol. The van der Waals surface area contributed by atoms with Gasteiger partial charge in [0.05, 0.1) is 6.54 Å². The van der Waals surface area contributed by atoms with E-state index >= 15 is 0 Å². The van der Waals surface area contributed by atoms with Gasteiger partial charge < -0.3 is 9.47 Å². The second kappa shape index (κ2) is 2.40. The van der Waals surface area contributed by atoms with Gasteiger partial charge in [-0.05, 0) is 0 Å². The Labute approximate surface area is 73.7 Å². The average molecular weight is 191 g/mol. The summed E-state index contributed by atoms with van der Waals surface area (Å²) in [6.07, 6.45) is -0.730. The van der Waals surface area contributed by atoms with Gasteiger partial charge in [-0.15, -0.1) is 11.6 Å². The van der Waals surface area contributed by atoms with Gasteiger partial charge >= 0.3 is 5.97 Å². The summed E-state index contributed by atoms with van der Waals surface area (Å²) in [5.74, 6) is -0.460. The lowest BCUT2D eigenvalue weighted by atomic mass is 10.0. The molecule has 5 nitrogen and oxygen atoms in total. The topological polar surface area (TPSA) is 60.2 Å². The Hall–Kier alpha value is -0.680. The number of esters is 1. The van der Waals surface area contributed by atoms with Crippen molar-refractivity contribution < 1.29 is 14.3 Å². The van der Waals surface area contributed by atoms with E-state index in [1.165, 1.54) is 7.11 Å². The van der Waals surface area contributed by atoms with E-state index in [4.69, 9.17) is 21.1 Å². The van der Waals surface area contributed by atoms with Crippen molar-refractivity contribution >= 4 is 17.6 Å². The molecule has 0 spiro atoms. The van der Waals surface area contributed by atoms with Crippen LogP contribution in [0.1, 0.15) is 0 Å². The van der Waals surface area contributed by atoms with E-state index in [9.17, 15) is 4.79 Å². The summed E-state index contributed by atoms with van der Waals surface area (Å²) in [4.78, 5) is 10.2. The molecule has 2 heterocycles. The van der Waals surface area contributed by atoms with Gasteiger partial charge in [-0.1, -0.05) is 0 Å². The number of hydrogen-bond acceptors (Lipinski definition) is 5. The minimum Gasteiger partial charge on any atom is -0.432 e. The second-order valence-electron chi connectivity index (χ2n) is 2.75. The van der Waals surface area contributed by atoms with E-state index in [0.717, 1.165) is 0 Å². The van der Waals surface area contributed by atoms with E-state index in [-0.39, 0.29) is 6.54 Å². The molecule has 0 aromatic carbocycles. The fraction of sp³-hybridized carbons (Fsp3) is 0.833. The van der Waals surface area contributed by atoms with Crippen LogP contribution in [-0.4, -0.2) is 36.8 Å². The number of azo groups is 1. The van der Waals surface area contributed by atoms with Gasteiger partial charge in [-0.3, -0.25) is 0 Å². The molecule has 0 N–H and O–H groups in total. The Kier molecular flexibility index (Phi) is 1.59. The van der Waals surface area contributed by atoms with Crippen LogP contribution in [-0.2, 0) is 14.3 Å². The number of nitrogens with zero attached hydrogens (tertiary/aromatic N) is 2. The van der Waals surface area contributed by atoms with Gasteiger partial charge in [0.25, 0.3) is 0 Å². The van der Waals surface area contributed by atoms with Crippen LogP contribution in [0.25, 0.3) is 0 Å². The Bertz CT molecular complexity index is 257. The van der Waals surface area contributed by atoms with Crippen LogP contribution >= 0.6 is 11.6 Å². The Morgan fingerprint density at radius 3 is 3.25 bits per heavy atom. The zero-order valence-electron chi connectivity index (χ0n) is 6.36. The fourth-order valence-electron chi connectivity index (χ4n) is 1.37. The third kappa shape index (κ3) is 0.804. The molecule has 66 valence electrons. The molecule has 2 aliphatic heterocycles. The maximum absolute atomic E-state index is 11.1. The molecule has 0 bridgehead atoms. The lowest BCUT2D eigenvalue weighted by molar-refractivity contribution is -0.160. The van der Waals surface area contributed by atoms with Gasteiger partial charge in [-0.2, -0.15) is 10.2 Å². The summed E-state index contributed by atoms with van der Waals surface area (Å²) in [7, 11) is 1.43. The minimum atomic E-state index is -0.911. The first-order valence-corrected chi connectivity index (χ1v) is 3.85. The molecule has 0 aromatic heterocycles. The van der Waals surface area contributed by atoms with Crippen LogP contribution in [0.5, 0.6) is 0 Å². The minimum absolute atomic E-state index is 0.267. The van der Waals surface area contributed by atoms with E-state index in [1.807, 2.05) is 0 Å². The Balaban J connectivity index is 2.31. The van der Waals surface area contributed by atoms with Crippen LogP contribution < -0.4 is 0 Å². The number of rotatable bonds is 1. The molecule has 6 heteroatoms. The number of cyclic esters (lactones) is 1. The fourth-order valence-corrected chi connectivity index (χ4v) is 1.69. The average Bonchev–Trinajstić information content (AvgIpc) is 2.51. The van der Waals surface area contributed by atoms with Gasteiger partial charge in [0, 0.05) is 7.11 Å². The predicted molar refractivity (Wildman–Crippen MR) is 39.0 cm³/mol. The quantitative estimate of drug-likeness (QED) is 0.442. The lowest BCUT2D eigenvalue weighted by Gasteiger charge is -2.20. The first kappa shape index (κ1) is 7.94. The number of carbonyl (C=O) groups is 1. The number of ether oxygens (including phenoxy) is 2. The molecule has 12 heavy (non-hydrogen) atoms. The van der Waals surface area contributed by atoms with Gasteiger partial charge in [-0.25, -0.2) is 4.79 Å². The molecule has 2 aliphatic rings. The van der Waals surface area contributed by atoms with Crippen LogP contribution in [0, 0.1) is 0 Å². The maximum atomic E-state index is 11.1. The summed E-state index contributed by atoms with van der Waals surface area (Å²) in [6, 6.07) is -0.691. The molecule has 0 saturated carbocycles. The normalized spacial score (nSPS) is 44.7. The monoisotopic (exact) mass is 190 g/mol. The number of carbonyl (C=O) groups excluding carboxylic acids is 1. The van der Waals surface area contributed by atoms with Gasteiger partial charge in [0.15, 0.2) is 10.9 Å². The highest BCUT2D eigenvalue weighted by Crippen LogP contribution is 2.40. The number of hydrogen-bond donors (Lipinski definition) is 0. The first-order chi connectivity index (χ1) is 5.68. The second-order valence-corrected chi connectivity index (χ2v) is 3.45. The van der Waals surface area contributed by atoms with E-state index in [2.05, 4.69) is 10.2 Å². The highest BCUT2D eigenvalue weighted by molar-refractivity contribution is 6.27. The number of halogens is 1. The molecular formula is C6H7ClN2O3. The predicted octanol–water partition coefficient (Wildman–Crippen LogP) is 0.328. The maximum Gasteiger partial charge on any atom is 0.337 e. The highest BCUT2D eigenvalue weighted by atomic mass is 35.5. The van der Waals surface area contributed by atoms with Crippen molar-refractivity contribution in [2.75, 3.05) is 13.7 Å². The number of alkyl halides is 1.